The zero-order valence-corrected chi connectivity index (χ0v) is 13.6. The van der Waals surface area contributed by atoms with Gasteiger partial charge in [-0.25, -0.2) is 0 Å². The van der Waals surface area contributed by atoms with Gasteiger partial charge in [-0.2, -0.15) is 0 Å². The average Bonchev–Trinajstić information content (AvgIpc) is 2.34. The van der Waals surface area contributed by atoms with E-state index >= 15 is 0 Å². The van der Waals surface area contributed by atoms with Crippen molar-refractivity contribution >= 4 is 11.8 Å². The number of aliphatic hydroxyl groups is 1. The third-order valence-electron chi connectivity index (χ3n) is 3.03. The van der Waals surface area contributed by atoms with Crippen LogP contribution in [0.15, 0.2) is 29.2 Å². The molecule has 0 saturated heterocycles. The van der Waals surface area contributed by atoms with Crippen LogP contribution < -0.4 is 5.32 Å². The highest BCUT2D eigenvalue weighted by molar-refractivity contribution is 7.99. The molecule has 1 aromatic carbocycles. The van der Waals surface area contributed by atoms with E-state index < -0.39 is 5.60 Å². The van der Waals surface area contributed by atoms with Gasteiger partial charge in [0, 0.05) is 22.7 Å². The Kier molecular flexibility index (Phi) is 5.90. The maximum Gasteiger partial charge on any atom is 0.0710 e. The Labute approximate surface area is 122 Å². The fourth-order valence-electron chi connectivity index (χ4n) is 1.45. The highest BCUT2D eigenvalue weighted by Crippen LogP contribution is 2.25. The molecule has 19 heavy (non-hydrogen) atoms. The Balaban J connectivity index is 2.57. The smallest absolute Gasteiger partial charge is 0.0710 e. The molecule has 1 rings (SSSR count). The first-order chi connectivity index (χ1) is 8.72. The lowest BCUT2D eigenvalue weighted by atomic mass is 10.1. The van der Waals surface area contributed by atoms with Crippen molar-refractivity contribution < 1.29 is 5.11 Å². The molecule has 1 unspecified atom stereocenters. The molecule has 2 nitrogen and oxygen atoms in total. The Hall–Kier alpha value is -0.510. The van der Waals surface area contributed by atoms with Crippen LogP contribution in [0.3, 0.4) is 0 Å². The lowest BCUT2D eigenvalue weighted by Crippen LogP contribution is -2.35. The van der Waals surface area contributed by atoms with Gasteiger partial charge >= 0.3 is 0 Å². The van der Waals surface area contributed by atoms with Gasteiger partial charge in [-0.1, -0.05) is 19.1 Å². The summed E-state index contributed by atoms with van der Waals surface area (Å²) < 4.78 is 0. The summed E-state index contributed by atoms with van der Waals surface area (Å²) in [5, 5.41) is 13.5. The van der Waals surface area contributed by atoms with Crippen LogP contribution in [-0.2, 0) is 6.54 Å². The maximum atomic E-state index is 10.0. The van der Waals surface area contributed by atoms with Gasteiger partial charge in [0.25, 0.3) is 0 Å². The van der Waals surface area contributed by atoms with Crippen LogP contribution in [0.1, 0.15) is 46.6 Å². The van der Waals surface area contributed by atoms with Gasteiger partial charge in [0.15, 0.2) is 0 Å². The van der Waals surface area contributed by atoms with Crippen molar-refractivity contribution in [2.24, 2.45) is 0 Å². The largest absolute Gasteiger partial charge is 0.389 e. The van der Waals surface area contributed by atoms with E-state index in [1.807, 2.05) is 13.8 Å². The van der Waals surface area contributed by atoms with Gasteiger partial charge in [-0.3, -0.25) is 0 Å². The Morgan fingerprint density at radius 1 is 1.21 bits per heavy atom. The molecule has 0 radical (unpaired) electrons. The van der Waals surface area contributed by atoms with Crippen molar-refractivity contribution in [1.82, 2.24) is 5.32 Å². The van der Waals surface area contributed by atoms with E-state index in [1.54, 1.807) is 11.8 Å². The first-order valence-corrected chi connectivity index (χ1v) is 7.89. The van der Waals surface area contributed by atoms with Gasteiger partial charge in [-0.05, 0) is 51.8 Å². The van der Waals surface area contributed by atoms with Crippen molar-refractivity contribution in [3.05, 3.63) is 29.8 Å². The van der Waals surface area contributed by atoms with Crippen LogP contribution in [0.4, 0.5) is 0 Å². The minimum Gasteiger partial charge on any atom is -0.389 e. The lowest BCUT2D eigenvalue weighted by molar-refractivity contribution is 0.0816. The average molecular weight is 281 g/mol. The number of hydrogen-bond acceptors (Lipinski definition) is 3. The standard InChI is InChI=1S/C16H27NOS/c1-6-16(5,18)12-19-14-9-7-8-13(10-14)11-17-15(2,3)4/h7-10,17-18H,6,11-12H2,1-5H3. The van der Waals surface area contributed by atoms with Crippen molar-refractivity contribution in [1.29, 1.82) is 0 Å². The first kappa shape index (κ1) is 16.5. The number of hydrogen-bond donors (Lipinski definition) is 2. The molecule has 1 aromatic rings. The Bertz CT molecular complexity index is 396. The highest BCUT2D eigenvalue weighted by Gasteiger charge is 2.17. The normalized spacial score (nSPS) is 15.3. The van der Waals surface area contributed by atoms with Crippen molar-refractivity contribution in [3.8, 4) is 0 Å². The molecular formula is C16H27NOS. The van der Waals surface area contributed by atoms with Gasteiger partial charge in [0.05, 0.1) is 5.60 Å². The van der Waals surface area contributed by atoms with Gasteiger partial charge in [0.1, 0.15) is 0 Å². The fourth-order valence-corrected chi connectivity index (χ4v) is 2.54. The minimum atomic E-state index is -0.579. The van der Waals surface area contributed by atoms with Crippen LogP contribution in [0.5, 0.6) is 0 Å². The van der Waals surface area contributed by atoms with E-state index in [1.165, 1.54) is 10.5 Å². The minimum absolute atomic E-state index is 0.134. The van der Waals surface area contributed by atoms with Crippen LogP contribution in [0.25, 0.3) is 0 Å². The van der Waals surface area contributed by atoms with Crippen molar-refractivity contribution in [3.63, 3.8) is 0 Å². The monoisotopic (exact) mass is 281 g/mol. The Morgan fingerprint density at radius 2 is 1.89 bits per heavy atom. The Morgan fingerprint density at radius 3 is 2.47 bits per heavy atom. The van der Waals surface area contributed by atoms with Gasteiger partial charge in [-0.15, -0.1) is 11.8 Å². The second-order valence-electron chi connectivity index (χ2n) is 6.39. The predicted octanol–water partition coefficient (Wildman–Crippen LogP) is 3.83. The quantitative estimate of drug-likeness (QED) is 0.777. The van der Waals surface area contributed by atoms with Crippen molar-refractivity contribution in [2.75, 3.05) is 5.75 Å². The van der Waals surface area contributed by atoms with Crippen LogP contribution in [-0.4, -0.2) is 22.0 Å². The van der Waals surface area contributed by atoms with E-state index in [2.05, 4.69) is 50.4 Å². The summed E-state index contributed by atoms with van der Waals surface area (Å²) in [6.07, 6.45) is 0.783. The molecule has 0 amide bonds. The zero-order chi connectivity index (χ0) is 14.5. The molecule has 0 aliphatic carbocycles. The summed E-state index contributed by atoms with van der Waals surface area (Å²) in [5.41, 5.74) is 0.843. The molecular weight excluding hydrogens is 254 g/mol. The molecule has 108 valence electrons. The lowest BCUT2D eigenvalue weighted by Gasteiger charge is -2.22. The zero-order valence-electron chi connectivity index (χ0n) is 12.8. The van der Waals surface area contributed by atoms with Crippen LogP contribution in [0, 0.1) is 0 Å². The molecule has 0 aliphatic heterocycles. The summed E-state index contributed by atoms with van der Waals surface area (Å²) in [4.78, 5) is 1.22. The van der Waals surface area contributed by atoms with E-state index in [4.69, 9.17) is 0 Å². The van der Waals surface area contributed by atoms with Crippen LogP contribution in [0.2, 0.25) is 0 Å². The molecule has 0 aromatic heterocycles. The number of rotatable bonds is 6. The van der Waals surface area contributed by atoms with E-state index in [9.17, 15) is 5.11 Å². The SMILES string of the molecule is CCC(C)(O)CSc1cccc(CNC(C)(C)C)c1. The molecule has 0 aliphatic rings. The second kappa shape index (κ2) is 6.78. The highest BCUT2D eigenvalue weighted by atomic mass is 32.2. The summed E-state index contributed by atoms with van der Waals surface area (Å²) in [6, 6.07) is 8.54. The summed E-state index contributed by atoms with van der Waals surface area (Å²) in [5.74, 6) is 0.736. The fraction of sp³-hybridized carbons (Fsp3) is 0.625. The molecule has 3 heteroatoms. The van der Waals surface area contributed by atoms with Gasteiger partial charge in [0.2, 0.25) is 0 Å². The molecule has 0 fully saturated rings. The second-order valence-corrected chi connectivity index (χ2v) is 7.44. The van der Waals surface area contributed by atoms with E-state index in [0.29, 0.717) is 0 Å². The third kappa shape index (κ3) is 7.00. The van der Waals surface area contributed by atoms with Crippen molar-refractivity contribution in [2.45, 2.75) is 63.6 Å². The summed E-state index contributed by atoms with van der Waals surface area (Å²) in [7, 11) is 0. The predicted molar refractivity (Wildman–Crippen MR) is 84.7 cm³/mol. The molecule has 2 N–H and O–H groups in total. The molecule has 0 heterocycles. The maximum absolute atomic E-state index is 10.0. The molecule has 1 atom stereocenters. The van der Waals surface area contributed by atoms with Crippen LogP contribution >= 0.6 is 11.8 Å². The molecule has 0 saturated carbocycles. The van der Waals surface area contributed by atoms with E-state index in [0.717, 1.165) is 18.7 Å². The van der Waals surface area contributed by atoms with Gasteiger partial charge < -0.3 is 10.4 Å². The summed E-state index contributed by atoms with van der Waals surface area (Å²) >= 11 is 1.72. The third-order valence-corrected chi connectivity index (χ3v) is 4.39. The molecule has 0 bridgehead atoms. The topological polar surface area (TPSA) is 32.3 Å². The summed E-state index contributed by atoms with van der Waals surface area (Å²) in [6.45, 7) is 11.3. The first-order valence-electron chi connectivity index (χ1n) is 6.91. The number of benzene rings is 1. The number of thioether (sulfide) groups is 1. The number of nitrogens with one attached hydrogen (secondary N) is 1. The molecule has 0 spiro atoms. The van der Waals surface area contributed by atoms with E-state index in [-0.39, 0.29) is 5.54 Å².